The van der Waals surface area contributed by atoms with Gasteiger partial charge in [0.15, 0.2) is 0 Å². The van der Waals surface area contributed by atoms with E-state index < -0.39 is 0 Å². The molecule has 2 amide bonds. The van der Waals surface area contributed by atoms with Gasteiger partial charge in [0.25, 0.3) is 5.91 Å². The first-order chi connectivity index (χ1) is 11.1. The van der Waals surface area contributed by atoms with Gasteiger partial charge in [0, 0.05) is 38.3 Å². The summed E-state index contributed by atoms with van der Waals surface area (Å²) in [5, 5.41) is 6.61. The largest absolute Gasteiger partial charge is 0.339 e. The van der Waals surface area contributed by atoms with Crippen molar-refractivity contribution in [2.75, 3.05) is 19.6 Å². The van der Waals surface area contributed by atoms with E-state index in [4.69, 9.17) is 0 Å². The summed E-state index contributed by atoms with van der Waals surface area (Å²) in [6.45, 7) is 6.69. The first-order valence-electron chi connectivity index (χ1n) is 8.64. The highest BCUT2D eigenvalue weighted by Crippen LogP contribution is 2.32. The van der Waals surface area contributed by atoms with Crippen LogP contribution in [0.3, 0.4) is 0 Å². The smallest absolute Gasteiger partial charge is 0.271 e. The molecule has 0 spiro atoms. The van der Waals surface area contributed by atoms with Gasteiger partial charge < -0.3 is 9.80 Å². The van der Waals surface area contributed by atoms with Crippen molar-refractivity contribution in [2.24, 2.45) is 11.8 Å². The second kappa shape index (κ2) is 6.72. The molecule has 2 fully saturated rings. The van der Waals surface area contributed by atoms with Crippen LogP contribution in [0.25, 0.3) is 0 Å². The molecule has 1 aromatic rings. The van der Waals surface area contributed by atoms with E-state index in [9.17, 15) is 9.59 Å². The van der Waals surface area contributed by atoms with Crippen molar-refractivity contribution in [3.05, 3.63) is 18.0 Å². The SMILES string of the molecule is CC(C)CCN1C(=O)CC[C@H]2CN(C(=O)c3ccn[nH]3)CC[C@H]21. The lowest BCUT2D eigenvalue weighted by Gasteiger charge is -2.47. The topological polar surface area (TPSA) is 69.3 Å². The molecule has 2 aliphatic heterocycles. The van der Waals surface area contributed by atoms with E-state index in [-0.39, 0.29) is 5.91 Å². The van der Waals surface area contributed by atoms with Crippen LogP contribution in [0.1, 0.15) is 50.0 Å². The lowest BCUT2D eigenvalue weighted by molar-refractivity contribution is -0.140. The fraction of sp³-hybridized carbons (Fsp3) is 0.706. The molecule has 0 unspecified atom stereocenters. The zero-order chi connectivity index (χ0) is 16.4. The highest BCUT2D eigenvalue weighted by atomic mass is 16.2. The highest BCUT2D eigenvalue weighted by Gasteiger charge is 2.40. The summed E-state index contributed by atoms with van der Waals surface area (Å²) in [6.07, 6.45) is 5.05. The molecule has 2 atom stereocenters. The molecule has 126 valence electrons. The van der Waals surface area contributed by atoms with E-state index in [0.717, 1.165) is 32.4 Å². The number of nitrogens with one attached hydrogen (secondary N) is 1. The molecule has 0 radical (unpaired) electrons. The fourth-order valence-corrected chi connectivity index (χ4v) is 3.77. The van der Waals surface area contributed by atoms with Crippen molar-refractivity contribution in [1.29, 1.82) is 0 Å². The van der Waals surface area contributed by atoms with E-state index >= 15 is 0 Å². The molecule has 0 aliphatic carbocycles. The number of likely N-dealkylation sites (tertiary alicyclic amines) is 2. The van der Waals surface area contributed by atoms with Crippen LogP contribution in [0.2, 0.25) is 0 Å². The van der Waals surface area contributed by atoms with Gasteiger partial charge in [-0.2, -0.15) is 5.10 Å². The molecule has 3 heterocycles. The quantitative estimate of drug-likeness (QED) is 0.922. The molecule has 0 aromatic carbocycles. The maximum atomic E-state index is 12.5. The van der Waals surface area contributed by atoms with Crippen molar-refractivity contribution in [1.82, 2.24) is 20.0 Å². The van der Waals surface area contributed by atoms with E-state index in [1.165, 1.54) is 0 Å². The molecular formula is C17H26N4O2. The first-order valence-corrected chi connectivity index (χ1v) is 8.64. The summed E-state index contributed by atoms with van der Waals surface area (Å²) in [7, 11) is 0. The monoisotopic (exact) mass is 318 g/mol. The second-order valence-corrected chi connectivity index (χ2v) is 7.15. The molecule has 0 bridgehead atoms. The number of hydrogen-bond donors (Lipinski definition) is 1. The van der Waals surface area contributed by atoms with Crippen LogP contribution < -0.4 is 0 Å². The van der Waals surface area contributed by atoms with Crippen molar-refractivity contribution in [2.45, 2.75) is 45.6 Å². The average Bonchev–Trinajstić information content (AvgIpc) is 3.07. The van der Waals surface area contributed by atoms with Crippen LogP contribution in [-0.2, 0) is 4.79 Å². The summed E-state index contributed by atoms with van der Waals surface area (Å²) in [4.78, 5) is 28.8. The Balaban J connectivity index is 1.65. The highest BCUT2D eigenvalue weighted by molar-refractivity contribution is 5.92. The predicted molar refractivity (Wildman–Crippen MR) is 86.8 cm³/mol. The normalized spacial score (nSPS) is 24.9. The third-order valence-electron chi connectivity index (χ3n) is 5.11. The van der Waals surface area contributed by atoms with Crippen molar-refractivity contribution >= 4 is 11.8 Å². The number of rotatable bonds is 4. The predicted octanol–water partition coefficient (Wildman–Crippen LogP) is 1.91. The summed E-state index contributed by atoms with van der Waals surface area (Å²) in [5.74, 6) is 1.32. The molecule has 1 N–H and O–H groups in total. The molecule has 2 saturated heterocycles. The Morgan fingerprint density at radius 1 is 1.43 bits per heavy atom. The molecule has 6 nitrogen and oxygen atoms in total. The fourth-order valence-electron chi connectivity index (χ4n) is 3.77. The van der Waals surface area contributed by atoms with Crippen LogP contribution in [-0.4, -0.2) is 57.5 Å². The Kier molecular flexibility index (Phi) is 4.68. The molecule has 6 heteroatoms. The number of carbonyl (C=O) groups excluding carboxylic acids is 2. The van der Waals surface area contributed by atoms with E-state index in [0.29, 0.717) is 42.4 Å². The van der Waals surface area contributed by atoms with Gasteiger partial charge in [-0.25, -0.2) is 0 Å². The zero-order valence-electron chi connectivity index (χ0n) is 14.0. The zero-order valence-corrected chi connectivity index (χ0v) is 14.0. The van der Waals surface area contributed by atoms with Gasteiger partial charge in [0.1, 0.15) is 5.69 Å². The van der Waals surface area contributed by atoms with E-state index in [2.05, 4.69) is 28.9 Å². The van der Waals surface area contributed by atoms with Crippen LogP contribution in [0.4, 0.5) is 0 Å². The number of hydrogen-bond acceptors (Lipinski definition) is 3. The van der Waals surface area contributed by atoms with Gasteiger partial charge >= 0.3 is 0 Å². The van der Waals surface area contributed by atoms with Crippen LogP contribution in [0.15, 0.2) is 12.3 Å². The van der Waals surface area contributed by atoms with Crippen molar-refractivity contribution in [3.8, 4) is 0 Å². The number of nitrogens with zero attached hydrogens (tertiary/aromatic N) is 3. The number of piperidine rings is 2. The summed E-state index contributed by atoms with van der Waals surface area (Å²) in [5.41, 5.74) is 0.548. The van der Waals surface area contributed by atoms with Gasteiger partial charge in [-0.3, -0.25) is 14.7 Å². The van der Waals surface area contributed by atoms with Crippen LogP contribution in [0.5, 0.6) is 0 Å². The standard InChI is InChI=1S/C17H26N4O2/c1-12(2)6-10-21-15-7-9-20(11-13(15)3-4-16(21)22)17(23)14-5-8-18-19-14/h5,8,12-13,15H,3-4,6-7,9-11H2,1-2H3,(H,18,19)/t13-,15+/m0/s1. The van der Waals surface area contributed by atoms with Crippen LogP contribution in [0, 0.1) is 11.8 Å². The van der Waals surface area contributed by atoms with E-state index in [1.807, 2.05) is 4.90 Å². The maximum absolute atomic E-state index is 12.5. The Labute approximate surface area is 137 Å². The van der Waals surface area contributed by atoms with E-state index in [1.54, 1.807) is 12.3 Å². The summed E-state index contributed by atoms with van der Waals surface area (Å²) < 4.78 is 0. The maximum Gasteiger partial charge on any atom is 0.271 e. The number of carbonyl (C=O) groups is 2. The lowest BCUT2D eigenvalue weighted by Crippen LogP contribution is -2.57. The third-order valence-corrected chi connectivity index (χ3v) is 5.11. The third kappa shape index (κ3) is 3.41. The summed E-state index contributed by atoms with van der Waals surface area (Å²) >= 11 is 0. The Morgan fingerprint density at radius 2 is 2.26 bits per heavy atom. The molecule has 1 aromatic heterocycles. The number of aromatic amines is 1. The van der Waals surface area contributed by atoms with Crippen molar-refractivity contribution < 1.29 is 9.59 Å². The minimum Gasteiger partial charge on any atom is -0.339 e. The molecule has 3 rings (SSSR count). The first kappa shape index (κ1) is 16.0. The second-order valence-electron chi connectivity index (χ2n) is 7.15. The van der Waals surface area contributed by atoms with Gasteiger partial charge in [0.2, 0.25) is 5.91 Å². The molecular weight excluding hydrogens is 292 g/mol. The van der Waals surface area contributed by atoms with Gasteiger partial charge in [0.05, 0.1) is 0 Å². The summed E-state index contributed by atoms with van der Waals surface area (Å²) in [6, 6.07) is 2.02. The Bertz CT molecular complexity index is 555. The average molecular weight is 318 g/mol. The van der Waals surface area contributed by atoms with Crippen molar-refractivity contribution in [3.63, 3.8) is 0 Å². The molecule has 2 aliphatic rings. The molecule has 0 saturated carbocycles. The Morgan fingerprint density at radius 3 is 2.96 bits per heavy atom. The van der Waals surface area contributed by atoms with Gasteiger partial charge in [-0.1, -0.05) is 13.8 Å². The number of H-pyrrole nitrogens is 1. The number of amides is 2. The lowest BCUT2D eigenvalue weighted by atomic mass is 9.83. The number of fused-ring (bicyclic) bond motifs is 1. The van der Waals surface area contributed by atoms with Gasteiger partial charge in [-0.15, -0.1) is 0 Å². The Hall–Kier alpha value is -1.85. The van der Waals surface area contributed by atoms with Crippen LogP contribution >= 0.6 is 0 Å². The number of aromatic nitrogens is 2. The van der Waals surface area contributed by atoms with Gasteiger partial charge in [-0.05, 0) is 37.2 Å². The molecule has 23 heavy (non-hydrogen) atoms. The minimum absolute atomic E-state index is 0.0200. The minimum atomic E-state index is 0.0200.